The number of rotatable bonds is 5. The Labute approximate surface area is 148 Å². The quantitative estimate of drug-likeness (QED) is 0.815. The second kappa shape index (κ2) is 8.38. The molecule has 0 spiro atoms. The van der Waals surface area contributed by atoms with E-state index < -0.39 is 0 Å². The third-order valence-corrected chi connectivity index (χ3v) is 4.83. The van der Waals surface area contributed by atoms with Gasteiger partial charge in [-0.2, -0.15) is 0 Å². The highest BCUT2D eigenvalue weighted by atomic mass is 35.5. The molecule has 1 aliphatic rings. The predicted molar refractivity (Wildman–Crippen MR) is 95.7 cm³/mol. The first-order chi connectivity index (χ1) is 11.5. The first-order valence-electron chi connectivity index (χ1n) is 8.39. The summed E-state index contributed by atoms with van der Waals surface area (Å²) in [5, 5.41) is 0.415. The molecular formula is C18H25ClN2O3. The smallest absolute Gasteiger partial charge is 0.242 e. The minimum absolute atomic E-state index is 0.0105. The number of nitrogens with zero attached hydrogens (tertiary/aromatic N) is 2. The maximum atomic E-state index is 12.7. The minimum Gasteiger partial charge on any atom is -0.495 e. The number of ether oxygens (including phenoxy) is 1. The molecule has 1 fully saturated rings. The molecule has 1 atom stereocenters. The topological polar surface area (TPSA) is 49.9 Å². The molecule has 1 aromatic rings. The van der Waals surface area contributed by atoms with Crippen molar-refractivity contribution in [3.8, 4) is 5.75 Å². The maximum Gasteiger partial charge on any atom is 0.242 e. The lowest BCUT2D eigenvalue weighted by molar-refractivity contribution is -0.134. The SMILES string of the molecule is CCC1CCCCN1C(=O)CN(C(C)=O)c1ccc(OC)c(Cl)c1. The zero-order chi connectivity index (χ0) is 17.7. The zero-order valence-electron chi connectivity index (χ0n) is 14.5. The van der Waals surface area contributed by atoms with Gasteiger partial charge in [0.1, 0.15) is 12.3 Å². The van der Waals surface area contributed by atoms with Crippen molar-refractivity contribution in [2.24, 2.45) is 0 Å². The van der Waals surface area contributed by atoms with E-state index in [4.69, 9.17) is 16.3 Å². The second-order valence-electron chi connectivity index (χ2n) is 6.07. The van der Waals surface area contributed by atoms with Gasteiger partial charge in [0.05, 0.1) is 12.1 Å². The van der Waals surface area contributed by atoms with Crippen LogP contribution in [0.1, 0.15) is 39.5 Å². The monoisotopic (exact) mass is 352 g/mol. The number of likely N-dealkylation sites (tertiary alicyclic amines) is 1. The van der Waals surface area contributed by atoms with E-state index in [9.17, 15) is 9.59 Å². The first kappa shape index (κ1) is 18.6. The van der Waals surface area contributed by atoms with Gasteiger partial charge in [-0.3, -0.25) is 9.59 Å². The van der Waals surface area contributed by atoms with E-state index in [-0.39, 0.29) is 24.4 Å². The number of hydrogen-bond acceptors (Lipinski definition) is 3. The normalized spacial score (nSPS) is 17.5. The summed E-state index contributed by atoms with van der Waals surface area (Å²) >= 11 is 6.15. The van der Waals surface area contributed by atoms with Crippen molar-refractivity contribution in [2.45, 2.75) is 45.6 Å². The number of carbonyl (C=O) groups excluding carboxylic acids is 2. The fourth-order valence-corrected chi connectivity index (χ4v) is 3.44. The van der Waals surface area contributed by atoms with Crippen molar-refractivity contribution in [3.05, 3.63) is 23.2 Å². The van der Waals surface area contributed by atoms with Gasteiger partial charge in [-0.05, 0) is 43.9 Å². The van der Waals surface area contributed by atoms with Crippen molar-refractivity contribution in [1.29, 1.82) is 0 Å². The Hall–Kier alpha value is -1.75. The molecule has 0 bridgehead atoms. The van der Waals surface area contributed by atoms with Crippen LogP contribution in [0.15, 0.2) is 18.2 Å². The Morgan fingerprint density at radius 1 is 1.38 bits per heavy atom. The van der Waals surface area contributed by atoms with Crippen LogP contribution in [-0.4, -0.2) is 43.0 Å². The Balaban J connectivity index is 2.17. The van der Waals surface area contributed by atoms with Crippen molar-refractivity contribution in [2.75, 3.05) is 25.1 Å². The highest BCUT2D eigenvalue weighted by Crippen LogP contribution is 2.29. The summed E-state index contributed by atoms with van der Waals surface area (Å²) in [4.78, 5) is 28.2. The van der Waals surface area contributed by atoms with E-state index >= 15 is 0 Å². The zero-order valence-corrected chi connectivity index (χ0v) is 15.3. The number of halogens is 1. The summed E-state index contributed by atoms with van der Waals surface area (Å²) in [6.45, 7) is 4.36. The van der Waals surface area contributed by atoms with E-state index in [0.29, 0.717) is 16.5 Å². The van der Waals surface area contributed by atoms with Crippen LogP contribution < -0.4 is 9.64 Å². The molecule has 2 rings (SSSR count). The molecule has 24 heavy (non-hydrogen) atoms. The molecule has 1 unspecified atom stereocenters. The molecule has 5 nitrogen and oxygen atoms in total. The van der Waals surface area contributed by atoms with Crippen molar-refractivity contribution >= 4 is 29.1 Å². The van der Waals surface area contributed by atoms with Gasteiger partial charge in [0.15, 0.2) is 0 Å². The van der Waals surface area contributed by atoms with Crippen LogP contribution in [0.4, 0.5) is 5.69 Å². The molecule has 132 valence electrons. The summed E-state index contributed by atoms with van der Waals surface area (Å²) in [5.74, 6) is 0.343. The second-order valence-corrected chi connectivity index (χ2v) is 6.48. The number of carbonyl (C=O) groups is 2. The fourth-order valence-electron chi connectivity index (χ4n) is 3.19. The minimum atomic E-state index is -0.186. The van der Waals surface area contributed by atoms with Crippen LogP contribution in [0.3, 0.4) is 0 Å². The third-order valence-electron chi connectivity index (χ3n) is 4.54. The molecule has 2 amide bonds. The largest absolute Gasteiger partial charge is 0.495 e. The molecular weight excluding hydrogens is 328 g/mol. The number of amides is 2. The van der Waals surface area contributed by atoms with Crippen molar-refractivity contribution in [1.82, 2.24) is 4.90 Å². The van der Waals surface area contributed by atoms with Gasteiger partial charge < -0.3 is 14.5 Å². The van der Waals surface area contributed by atoms with Gasteiger partial charge >= 0.3 is 0 Å². The van der Waals surface area contributed by atoms with Crippen molar-refractivity contribution < 1.29 is 14.3 Å². The van der Waals surface area contributed by atoms with Crippen LogP contribution >= 0.6 is 11.6 Å². The fraction of sp³-hybridized carbons (Fsp3) is 0.556. The van der Waals surface area contributed by atoms with E-state index in [1.807, 2.05) is 4.90 Å². The third kappa shape index (κ3) is 4.20. The number of hydrogen-bond donors (Lipinski definition) is 0. The number of benzene rings is 1. The van der Waals surface area contributed by atoms with Gasteiger partial charge in [-0.25, -0.2) is 0 Å². The van der Waals surface area contributed by atoms with Crippen LogP contribution in [0, 0.1) is 0 Å². The standard InChI is InChI=1S/C18H25ClN2O3/c1-4-14-7-5-6-10-20(14)18(23)12-21(13(2)22)15-8-9-17(24-3)16(19)11-15/h8-9,11,14H,4-7,10,12H2,1-3H3. The lowest BCUT2D eigenvalue weighted by Gasteiger charge is -2.36. The predicted octanol–water partition coefficient (Wildman–Crippen LogP) is 3.49. The van der Waals surface area contributed by atoms with Gasteiger partial charge in [-0.1, -0.05) is 18.5 Å². The molecule has 6 heteroatoms. The Kier molecular flexibility index (Phi) is 6.49. The highest BCUT2D eigenvalue weighted by Gasteiger charge is 2.27. The average Bonchev–Trinajstić information content (AvgIpc) is 2.59. The number of methoxy groups -OCH3 is 1. The highest BCUT2D eigenvalue weighted by molar-refractivity contribution is 6.32. The summed E-state index contributed by atoms with van der Waals surface area (Å²) in [6.07, 6.45) is 4.17. The average molecular weight is 353 g/mol. The Morgan fingerprint density at radius 2 is 2.12 bits per heavy atom. The number of piperidine rings is 1. The summed E-state index contributed by atoms with van der Waals surface area (Å²) in [5.41, 5.74) is 0.603. The van der Waals surface area contributed by atoms with Gasteiger partial charge in [0.2, 0.25) is 11.8 Å². The molecule has 0 aromatic heterocycles. The van der Waals surface area contributed by atoms with E-state index in [1.165, 1.54) is 18.9 Å². The van der Waals surface area contributed by atoms with Gasteiger partial charge in [0.25, 0.3) is 0 Å². The van der Waals surface area contributed by atoms with E-state index in [2.05, 4.69) is 6.92 Å². The van der Waals surface area contributed by atoms with Gasteiger partial charge in [0, 0.05) is 25.2 Å². The van der Waals surface area contributed by atoms with Crippen LogP contribution in [-0.2, 0) is 9.59 Å². The molecule has 0 aliphatic carbocycles. The maximum absolute atomic E-state index is 12.7. The number of anilines is 1. The lowest BCUT2D eigenvalue weighted by Crippen LogP contribution is -2.48. The summed E-state index contributed by atoms with van der Waals surface area (Å²) < 4.78 is 5.13. The van der Waals surface area contributed by atoms with E-state index in [0.717, 1.165) is 32.2 Å². The van der Waals surface area contributed by atoms with Crippen molar-refractivity contribution in [3.63, 3.8) is 0 Å². The Morgan fingerprint density at radius 3 is 2.71 bits per heavy atom. The molecule has 1 saturated heterocycles. The molecule has 1 aliphatic heterocycles. The van der Waals surface area contributed by atoms with Crippen LogP contribution in [0.25, 0.3) is 0 Å². The first-order valence-corrected chi connectivity index (χ1v) is 8.76. The van der Waals surface area contributed by atoms with Gasteiger partial charge in [-0.15, -0.1) is 0 Å². The summed E-state index contributed by atoms with van der Waals surface area (Å²) in [6, 6.07) is 5.38. The Bertz CT molecular complexity index is 606. The molecule has 0 radical (unpaired) electrons. The molecule has 0 saturated carbocycles. The molecule has 1 aromatic carbocycles. The van der Waals surface area contributed by atoms with Crippen LogP contribution in [0.2, 0.25) is 5.02 Å². The van der Waals surface area contributed by atoms with Crippen LogP contribution in [0.5, 0.6) is 5.75 Å². The summed E-state index contributed by atoms with van der Waals surface area (Å²) in [7, 11) is 1.54. The van der Waals surface area contributed by atoms with E-state index in [1.54, 1.807) is 18.2 Å². The lowest BCUT2D eigenvalue weighted by atomic mass is 10.00. The molecule has 0 N–H and O–H groups in total. The molecule has 1 heterocycles.